The van der Waals surface area contributed by atoms with Gasteiger partial charge in [0.15, 0.2) is 17.7 Å². The maximum atomic E-state index is 13.6. The third-order valence-electron chi connectivity index (χ3n) is 3.54. The summed E-state index contributed by atoms with van der Waals surface area (Å²) < 4.78 is 23.5. The maximum Gasteiger partial charge on any atom is 0.331 e. The molecule has 0 radical (unpaired) electrons. The summed E-state index contributed by atoms with van der Waals surface area (Å²) in [6.07, 6.45) is 1.56. The van der Waals surface area contributed by atoms with Crippen LogP contribution in [0.5, 0.6) is 5.75 Å². The molecule has 0 spiro atoms. The Balaban J connectivity index is 1.91. The van der Waals surface area contributed by atoms with Crippen LogP contribution >= 0.6 is 0 Å². The second-order valence-electron chi connectivity index (χ2n) is 5.67. The molecule has 2 aromatic carbocycles. The number of anilines is 1. The van der Waals surface area contributed by atoms with Crippen LogP contribution in [0.2, 0.25) is 0 Å². The smallest absolute Gasteiger partial charge is 0.331 e. The van der Waals surface area contributed by atoms with E-state index in [2.05, 4.69) is 5.32 Å². The second-order valence-corrected chi connectivity index (χ2v) is 5.67. The maximum absolute atomic E-state index is 13.6. The van der Waals surface area contributed by atoms with E-state index in [1.807, 2.05) is 25.1 Å². The van der Waals surface area contributed by atoms with Crippen molar-refractivity contribution < 1.29 is 23.5 Å². The number of nitrogens with one attached hydrogen (secondary N) is 1. The lowest BCUT2D eigenvalue weighted by Crippen LogP contribution is -2.29. The minimum absolute atomic E-state index is 0.117. The highest BCUT2D eigenvalue weighted by atomic mass is 19.1. The molecule has 0 saturated carbocycles. The Labute approximate surface area is 151 Å². The molecule has 26 heavy (non-hydrogen) atoms. The van der Waals surface area contributed by atoms with Crippen molar-refractivity contribution in [2.75, 3.05) is 12.4 Å². The summed E-state index contributed by atoms with van der Waals surface area (Å²) >= 11 is 0. The van der Waals surface area contributed by atoms with Crippen LogP contribution in [0, 0.1) is 12.7 Å². The van der Waals surface area contributed by atoms with Gasteiger partial charge in [0.05, 0.1) is 7.11 Å². The quantitative estimate of drug-likeness (QED) is 0.632. The zero-order valence-corrected chi connectivity index (χ0v) is 14.8. The average Bonchev–Trinajstić information content (AvgIpc) is 2.60. The summed E-state index contributed by atoms with van der Waals surface area (Å²) in [6, 6.07) is 11.6. The summed E-state index contributed by atoms with van der Waals surface area (Å²) in [6.45, 7) is 3.38. The molecule has 5 nitrogen and oxygen atoms in total. The van der Waals surface area contributed by atoms with Crippen LogP contribution in [-0.2, 0) is 14.3 Å². The van der Waals surface area contributed by atoms with Gasteiger partial charge in [-0.3, -0.25) is 4.79 Å². The number of ether oxygens (including phenoxy) is 2. The number of rotatable bonds is 6. The van der Waals surface area contributed by atoms with Crippen molar-refractivity contribution in [3.05, 3.63) is 65.5 Å². The number of amides is 1. The number of carbonyl (C=O) groups excluding carboxylic acids is 2. The van der Waals surface area contributed by atoms with Crippen molar-refractivity contribution in [1.82, 2.24) is 0 Å². The van der Waals surface area contributed by atoms with Gasteiger partial charge in [-0.1, -0.05) is 18.2 Å². The SMILES string of the molecule is COc1ccc(/C=C/C(=O)O[C@H](C)C(=O)Nc2cccc(C)c2)cc1F. The lowest BCUT2D eigenvalue weighted by molar-refractivity contribution is -0.148. The molecule has 0 aliphatic heterocycles. The van der Waals surface area contributed by atoms with Crippen LogP contribution in [0.1, 0.15) is 18.1 Å². The molecule has 6 heteroatoms. The molecule has 0 unspecified atom stereocenters. The van der Waals surface area contributed by atoms with Gasteiger partial charge in [-0.25, -0.2) is 9.18 Å². The highest BCUT2D eigenvalue weighted by Gasteiger charge is 2.16. The van der Waals surface area contributed by atoms with Crippen molar-refractivity contribution in [3.8, 4) is 5.75 Å². The molecule has 1 amide bonds. The fourth-order valence-electron chi connectivity index (χ4n) is 2.18. The predicted molar refractivity (Wildman–Crippen MR) is 97.3 cm³/mol. The molecule has 136 valence electrons. The van der Waals surface area contributed by atoms with Gasteiger partial charge in [-0.2, -0.15) is 0 Å². The molecule has 0 heterocycles. The van der Waals surface area contributed by atoms with E-state index in [0.717, 1.165) is 11.6 Å². The molecule has 1 N–H and O–H groups in total. The number of aryl methyl sites for hydroxylation is 1. The van der Waals surface area contributed by atoms with Gasteiger partial charge >= 0.3 is 5.97 Å². The van der Waals surface area contributed by atoms with E-state index >= 15 is 0 Å². The highest BCUT2D eigenvalue weighted by molar-refractivity contribution is 5.96. The number of methoxy groups -OCH3 is 1. The predicted octanol–water partition coefficient (Wildman–Crippen LogP) is 3.73. The fourth-order valence-corrected chi connectivity index (χ4v) is 2.18. The lowest BCUT2D eigenvalue weighted by Gasteiger charge is -2.12. The highest BCUT2D eigenvalue weighted by Crippen LogP contribution is 2.18. The zero-order valence-electron chi connectivity index (χ0n) is 14.8. The topological polar surface area (TPSA) is 64.6 Å². The van der Waals surface area contributed by atoms with Crippen LogP contribution in [0.15, 0.2) is 48.5 Å². The number of esters is 1. The average molecular weight is 357 g/mol. The van der Waals surface area contributed by atoms with Gasteiger partial charge in [-0.15, -0.1) is 0 Å². The summed E-state index contributed by atoms with van der Waals surface area (Å²) in [4.78, 5) is 23.9. The van der Waals surface area contributed by atoms with Crippen LogP contribution in [0.3, 0.4) is 0 Å². The van der Waals surface area contributed by atoms with Crippen molar-refractivity contribution in [2.24, 2.45) is 0 Å². The van der Waals surface area contributed by atoms with Crippen molar-refractivity contribution in [2.45, 2.75) is 20.0 Å². The third-order valence-corrected chi connectivity index (χ3v) is 3.54. The van der Waals surface area contributed by atoms with E-state index in [1.165, 1.54) is 32.2 Å². The van der Waals surface area contributed by atoms with E-state index in [-0.39, 0.29) is 5.75 Å². The third kappa shape index (κ3) is 5.44. The Bertz CT molecular complexity index is 832. The molecule has 2 aromatic rings. The number of hydrogen-bond acceptors (Lipinski definition) is 4. The van der Waals surface area contributed by atoms with Gasteiger partial charge in [0, 0.05) is 11.8 Å². The first kappa shape index (κ1) is 19.2. The largest absolute Gasteiger partial charge is 0.494 e. The first-order chi connectivity index (χ1) is 12.4. The van der Waals surface area contributed by atoms with E-state index < -0.39 is 23.8 Å². The summed E-state index contributed by atoms with van der Waals surface area (Å²) in [5.74, 6) is -1.55. The summed E-state index contributed by atoms with van der Waals surface area (Å²) in [7, 11) is 1.37. The van der Waals surface area contributed by atoms with Gasteiger partial charge in [-0.05, 0) is 55.3 Å². The van der Waals surface area contributed by atoms with Crippen LogP contribution in [0.25, 0.3) is 6.08 Å². The van der Waals surface area contributed by atoms with E-state index in [9.17, 15) is 14.0 Å². The van der Waals surface area contributed by atoms with Gasteiger partial charge in [0.1, 0.15) is 0 Å². The van der Waals surface area contributed by atoms with Crippen LogP contribution in [-0.4, -0.2) is 25.1 Å². The Morgan fingerprint density at radius 3 is 2.62 bits per heavy atom. The number of halogens is 1. The first-order valence-electron chi connectivity index (χ1n) is 7.99. The van der Waals surface area contributed by atoms with Crippen LogP contribution < -0.4 is 10.1 Å². The molecule has 0 aromatic heterocycles. The first-order valence-corrected chi connectivity index (χ1v) is 7.99. The van der Waals surface area contributed by atoms with Crippen LogP contribution in [0.4, 0.5) is 10.1 Å². The van der Waals surface area contributed by atoms with Crippen molar-refractivity contribution >= 4 is 23.6 Å². The molecule has 0 aliphatic carbocycles. The molecular formula is C20H20FNO4. The Hall–Kier alpha value is -3.15. The zero-order chi connectivity index (χ0) is 19.1. The number of carbonyl (C=O) groups is 2. The van der Waals surface area contributed by atoms with Gasteiger partial charge in [0.25, 0.3) is 5.91 Å². The Morgan fingerprint density at radius 1 is 1.19 bits per heavy atom. The minimum Gasteiger partial charge on any atom is -0.494 e. The molecule has 2 rings (SSSR count). The normalized spacial score (nSPS) is 11.8. The molecule has 1 atom stereocenters. The standard InChI is InChI=1S/C20H20FNO4/c1-13-5-4-6-16(11-13)22-20(24)14(2)26-19(23)10-8-15-7-9-18(25-3)17(21)12-15/h4-12,14H,1-3H3,(H,22,24)/b10-8+/t14-/m1/s1. The van der Waals surface area contributed by atoms with Gasteiger partial charge in [0.2, 0.25) is 0 Å². The Morgan fingerprint density at radius 2 is 1.96 bits per heavy atom. The fraction of sp³-hybridized carbons (Fsp3) is 0.200. The number of hydrogen-bond donors (Lipinski definition) is 1. The molecule has 0 fully saturated rings. The monoisotopic (exact) mass is 357 g/mol. The van der Waals surface area contributed by atoms with E-state index in [0.29, 0.717) is 11.3 Å². The number of benzene rings is 2. The minimum atomic E-state index is -0.972. The molecular weight excluding hydrogens is 337 g/mol. The van der Waals surface area contributed by atoms with Gasteiger partial charge < -0.3 is 14.8 Å². The molecule has 0 aliphatic rings. The second kappa shape index (κ2) is 8.80. The van der Waals surface area contributed by atoms with E-state index in [4.69, 9.17) is 9.47 Å². The van der Waals surface area contributed by atoms with Crippen molar-refractivity contribution in [1.29, 1.82) is 0 Å². The Kier molecular flexibility index (Phi) is 6.49. The molecule has 0 saturated heterocycles. The van der Waals surface area contributed by atoms with Crippen molar-refractivity contribution in [3.63, 3.8) is 0 Å². The van der Waals surface area contributed by atoms with E-state index in [1.54, 1.807) is 12.1 Å². The molecule has 0 bridgehead atoms. The summed E-state index contributed by atoms with van der Waals surface area (Å²) in [5, 5.41) is 2.68. The lowest BCUT2D eigenvalue weighted by atomic mass is 10.2. The summed E-state index contributed by atoms with van der Waals surface area (Å²) in [5.41, 5.74) is 2.10.